The van der Waals surface area contributed by atoms with Crippen LogP contribution in [0.1, 0.15) is 21.9 Å². The first-order valence-corrected chi connectivity index (χ1v) is 9.04. The summed E-state index contributed by atoms with van der Waals surface area (Å²) >= 11 is 0.840. The number of rotatable bonds is 5. The summed E-state index contributed by atoms with van der Waals surface area (Å²) in [7, 11) is 0. The Kier molecular flexibility index (Phi) is 4.62. The minimum Gasteiger partial charge on any atom is -0.478 e. The van der Waals surface area contributed by atoms with Crippen molar-refractivity contribution in [3.8, 4) is 11.3 Å². The number of thioether (sulfide) groups is 1. The van der Waals surface area contributed by atoms with Gasteiger partial charge < -0.3 is 13.9 Å². The summed E-state index contributed by atoms with van der Waals surface area (Å²) in [5.74, 6) is 0.0552. The van der Waals surface area contributed by atoms with Crippen LogP contribution >= 0.6 is 11.8 Å². The van der Waals surface area contributed by atoms with E-state index in [9.17, 15) is 14.4 Å². The Balaban J connectivity index is 1.52. The molecule has 140 valence electrons. The molecule has 8 heteroatoms. The average Bonchev–Trinajstić information content (AvgIpc) is 3.41. The Hall–Kier alpha value is -3.52. The van der Waals surface area contributed by atoms with E-state index in [2.05, 4.69) is 0 Å². The topological polar surface area (TPSA) is 101 Å². The van der Waals surface area contributed by atoms with Gasteiger partial charge in [0.05, 0.1) is 23.3 Å². The molecule has 0 atom stereocenters. The Labute approximate surface area is 163 Å². The first kappa shape index (κ1) is 17.9. The standard InChI is InChI=1S/C20H13NO6S/c22-18-17(28-20(25)21(18)11-15-2-1-9-26-15)10-14-7-8-16(27-14)12-3-5-13(6-4-12)19(23)24/h1-10H,11H2,(H,23,24). The number of benzene rings is 1. The normalized spacial score (nSPS) is 15.6. The molecular weight excluding hydrogens is 382 g/mol. The second-order valence-corrected chi connectivity index (χ2v) is 6.92. The summed E-state index contributed by atoms with van der Waals surface area (Å²) in [4.78, 5) is 36.9. The third kappa shape index (κ3) is 3.49. The summed E-state index contributed by atoms with van der Waals surface area (Å²) in [6.45, 7) is 0.0777. The monoisotopic (exact) mass is 395 g/mol. The third-order valence-corrected chi connectivity index (χ3v) is 4.99. The fraction of sp³-hybridized carbons (Fsp3) is 0.0500. The molecule has 4 rings (SSSR count). The van der Waals surface area contributed by atoms with Crippen molar-refractivity contribution in [1.29, 1.82) is 0 Å². The molecule has 1 saturated heterocycles. The van der Waals surface area contributed by atoms with Crippen molar-refractivity contribution in [2.45, 2.75) is 6.54 Å². The third-order valence-electron chi connectivity index (χ3n) is 4.08. The van der Waals surface area contributed by atoms with E-state index >= 15 is 0 Å². The number of hydrogen-bond acceptors (Lipinski definition) is 6. The number of nitrogens with zero attached hydrogens (tertiary/aromatic N) is 1. The summed E-state index contributed by atoms with van der Waals surface area (Å²) in [5, 5.41) is 8.58. The Morgan fingerprint density at radius 2 is 1.89 bits per heavy atom. The maximum Gasteiger partial charge on any atom is 0.335 e. The quantitative estimate of drug-likeness (QED) is 0.636. The molecule has 1 aromatic carbocycles. The number of carbonyl (C=O) groups is 3. The number of hydrogen-bond donors (Lipinski definition) is 1. The zero-order valence-electron chi connectivity index (χ0n) is 14.3. The van der Waals surface area contributed by atoms with Gasteiger partial charge in [0.15, 0.2) is 0 Å². The van der Waals surface area contributed by atoms with E-state index in [0.717, 1.165) is 16.7 Å². The van der Waals surface area contributed by atoms with Crippen LogP contribution < -0.4 is 0 Å². The summed E-state index contributed by atoms with van der Waals surface area (Å²) in [5.41, 5.74) is 0.885. The molecule has 1 N–H and O–H groups in total. The average molecular weight is 395 g/mol. The van der Waals surface area contributed by atoms with Crippen molar-refractivity contribution in [2.24, 2.45) is 0 Å². The van der Waals surface area contributed by atoms with Crippen molar-refractivity contribution >= 4 is 35.0 Å². The number of carbonyl (C=O) groups excluding carboxylic acids is 2. The minimum absolute atomic E-state index is 0.0777. The van der Waals surface area contributed by atoms with Crippen molar-refractivity contribution < 1.29 is 28.3 Å². The summed E-state index contributed by atoms with van der Waals surface area (Å²) < 4.78 is 10.9. The van der Waals surface area contributed by atoms with E-state index in [4.69, 9.17) is 13.9 Å². The van der Waals surface area contributed by atoms with E-state index < -0.39 is 11.9 Å². The largest absolute Gasteiger partial charge is 0.478 e. The van der Waals surface area contributed by atoms with Crippen LogP contribution in [0.5, 0.6) is 0 Å². The molecule has 0 saturated carbocycles. The van der Waals surface area contributed by atoms with Crippen molar-refractivity contribution in [2.75, 3.05) is 0 Å². The molecule has 1 aliphatic rings. The molecule has 2 amide bonds. The predicted molar refractivity (Wildman–Crippen MR) is 101 cm³/mol. The fourth-order valence-electron chi connectivity index (χ4n) is 2.69. The van der Waals surface area contributed by atoms with Gasteiger partial charge in [-0.25, -0.2) is 4.79 Å². The molecule has 2 aromatic heterocycles. The lowest BCUT2D eigenvalue weighted by atomic mass is 10.1. The Bertz CT molecular complexity index is 1080. The van der Waals surface area contributed by atoms with E-state index in [1.54, 1.807) is 36.4 Å². The van der Waals surface area contributed by atoms with Gasteiger partial charge in [0, 0.05) is 11.6 Å². The molecular formula is C20H13NO6S. The van der Waals surface area contributed by atoms with Gasteiger partial charge >= 0.3 is 5.97 Å². The molecule has 28 heavy (non-hydrogen) atoms. The molecule has 7 nitrogen and oxygen atoms in total. The number of amides is 2. The first-order chi connectivity index (χ1) is 13.5. The zero-order chi connectivity index (χ0) is 19.7. The van der Waals surface area contributed by atoms with Crippen LogP contribution in [0.2, 0.25) is 0 Å². The van der Waals surface area contributed by atoms with Gasteiger partial charge in [-0.3, -0.25) is 14.5 Å². The maximum atomic E-state index is 12.5. The number of furan rings is 2. The smallest absolute Gasteiger partial charge is 0.335 e. The van der Waals surface area contributed by atoms with Crippen LogP contribution in [0.3, 0.4) is 0 Å². The number of carboxylic acids is 1. The summed E-state index contributed by atoms with van der Waals surface area (Å²) in [6.07, 6.45) is 3.00. The molecule has 0 bridgehead atoms. The van der Waals surface area contributed by atoms with E-state index in [1.165, 1.54) is 24.5 Å². The number of aromatic carboxylic acids is 1. The van der Waals surface area contributed by atoms with Gasteiger partial charge in [-0.1, -0.05) is 12.1 Å². The first-order valence-electron chi connectivity index (χ1n) is 8.22. The van der Waals surface area contributed by atoms with Crippen molar-refractivity contribution in [1.82, 2.24) is 4.90 Å². The van der Waals surface area contributed by atoms with Gasteiger partial charge in [0.25, 0.3) is 11.1 Å². The minimum atomic E-state index is -1.00. The zero-order valence-corrected chi connectivity index (χ0v) is 15.1. The van der Waals surface area contributed by atoms with Gasteiger partial charge in [-0.2, -0.15) is 0 Å². The van der Waals surface area contributed by atoms with Crippen LogP contribution in [0.25, 0.3) is 17.4 Å². The van der Waals surface area contributed by atoms with Gasteiger partial charge in [-0.15, -0.1) is 0 Å². The number of imide groups is 1. The van der Waals surface area contributed by atoms with Crippen LogP contribution in [-0.4, -0.2) is 27.1 Å². The highest BCUT2D eigenvalue weighted by Crippen LogP contribution is 2.34. The maximum absolute atomic E-state index is 12.5. The second-order valence-electron chi connectivity index (χ2n) is 5.93. The second kappa shape index (κ2) is 7.24. The molecule has 3 heterocycles. The van der Waals surface area contributed by atoms with Gasteiger partial charge in [-0.05, 0) is 48.2 Å². The molecule has 0 spiro atoms. The van der Waals surface area contributed by atoms with Crippen LogP contribution in [0.4, 0.5) is 4.79 Å². The van der Waals surface area contributed by atoms with E-state index in [-0.39, 0.29) is 22.3 Å². The fourth-order valence-corrected chi connectivity index (χ4v) is 3.50. The predicted octanol–water partition coefficient (Wildman–Crippen LogP) is 4.47. The SMILES string of the molecule is O=C(O)c1ccc(-c2ccc(C=C3SC(=O)N(Cc4ccco4)C3=O)o2)cc1. The Morgan fingerprint density at radius 1 is 1.11 bits per heavy atom. The van der Waals surface area contributed by atoms with Crippen LogP contribution in [0, 0.1) is 0 Å². The molecule has 1 aliphatic heterocycles. The molecule has 0 radical (unpaired) electrons. The van der Waals surface area contributed by atoms with Crippen LogP contribution in [-0.2, 0) is 11.3 Å². The highest BCUT2D eigenvalue weighted by Gasteiger charge is 2.35. The molecule has 3 aromatic rings. The van der Waals surface area contributed by atoms with E-state index in [0.29, 0.717) is 22.8 Å². The molecule has 0 unspecified atom stereocenters. The highest BCUT2D eigenvalue weighted by molar-refractivity contribution is 8.18. The summed E-state index contributed by atoms with van der Waals surface area (Å²) in [6, 6.07) is 13.0. The lowest BCUT2D eigenvalue weighted by molar-refractivity contribution is -0.123. The number of carboxylic acid groups (broad SMARTS) is 1. The van der Waals surface area contributed by atoms with Crippen molar-refractivity contribution in [3.63, 3.8) is 0 Å². The molecule has 0 aliphatic carbocycles. The van der Waals surface area contributed by atoms with Gasteiger partial charge in [0.2, 0.25) is 0 Å². The van der Waals surface area contributed by atoms with Crippen LogP contribution in [0.15, 0.2) is 68.5 Å². The van der Waals surface area contributed by atoms with Crippen molar-refractivity contribution in [3.05, 3.63) is 76.8 Å². The highest BCUT2D eigenvalue weighted by atomic mass is 32.2. The van der Waals surface area contributed by atoms with E-state index in [1.807, 2.05) is 0 Å². The lowest BCUT2D eigenvalue weighted by Gasteiger charge is -2.09. The molecule has 1 fully saturated rings. The Morgan fingerprint density at radius 3 is 2.57 bits per heavy atom. The lowest BCUT2D eigenvalue weighted by Crippen LogP contribution is -2.27. The van der Waals surface area contributed by atoms with Gasteiger partial charge in [0.1, 0.15) is 17.3 Å².